The van der Waals surface area contributed by atoms with E-state index in [2.05, 4.69) is 10.5 Å². The Kier molecular flexibility index (Phi) is 5.36. The first-order valence-corrected chi connectivity index (χ1v) is 7.19. The van der Waals surface area contributed by atoms with E-state index in [1.807, 2.05) is 44.2 Å². The van der Waals surface area contributed by atoms with E-state index in [0.717, 1.165) is 11.1 Å². The first-order chi connectivity index (χ1) is 11.1. The highest BCUT2D eigenvalue weighted by Crippen LogP contribution is 2.27. The molecule has 2 rings (SSSR count). The topological polar surface area (TPSA) is 59.9 Å². The van der Waals surface area contributed by atoms with Crippen molar-refractivity contribution in [3.05, 3.63) is 59.2 Å². The molecule has 120 valence electrons. The summed E-state index contributed by atoms with van der Waals surface area (Å²) in [5.41, 5.74) is 5.61. The van der Waals surface area contributed by atoms with Gasteiger partial charge in [-0.15, -0.1) is 0 Å². The highest BCUT2D eigenvalue weighted by Gasteiger charge is 2.09. The van der Waals surface area contributed by atoms with Crippen LogP contribution < -0.4 is 14.9 Å². The van der Waals surface area contributed by atoms with Crippen LogP contribution in [0.5, 0.6) is 11.5 Å². The number of hydrogen-bond acceptors (Lipinski definition) is 4. The van der Waals surface area contributed by atoms with Crippen LogP contribution >= 0.6 is 0 Å². The van der Waals surface area contributed by atoms with Gasteiger partial charge in [0.25, 0.3) is 5.91 Å². The van der Waals surface area contributed by atoms with Crippen LogP contribution in [0.15, 0.2) is 47.6 Å². The van der Waals surface area contributed by atoms with Gasteiger partial charge in [-0.05, 0) is 43.7 Å². The van der Waals surface area contributed by atoms with Crippen molar-refractivity contribution in [2.24, 2.45) is 5.10 Å². The van der Waals surface area contributed by atoms with E-state index < -0.39 is 0 Å². The van der Waals surface area contributed by atoms with Crippen LogP contribution in [-0.2, 0) is 0 Å². The SMILES string of the molecule is COc1ccc(/C(C)=N\NC(=O)c2ccccc2C)cc1OC. The second-order valence-corrected chi connectivity index (χ2v) is 5.02. The maximum absolute atomic E-state index is 12.2. The molecule has 0 saturated carbocycles. The minimum absolute atomic E-state index is 0.233. The number of carbonyl (C=O) groups excluding carboxylic acids is 1. The fourth-order valence-electron chi connectivity index (χ4n) is 2.15. The van der Waals surface area contributed by atoms with Gasteiger partial charge in [-0.3, -0.25) is 4.79 Å². The molecule has 2 aromatic carbocycles. The number of ether oxygens (including phenoxy) is 2. The van der Waals surface area contributed by atoms with E-state index >= 15 is 0 Å². The van der Waals surface area contributed by atoms with Gasteiger partial charge in [0.2, 0.25) is 0 Å². The largest absolute Gasteiger partial charge is 0.493 e. The summed E-state index contributed by atoms with van der Waals surface area (Å²) in [5, 5.41) is 4.16. The molecule has 0 spiro atoms. The molecular weight excluding hydrogens is 292 g/mol. The van der Waals surface area contributed by atoms with E-state index in [0.29, 0.717) is 22.8 Å². The first-order valence-electron chi connectivity index (χ1n) is 7.19. The molecule has 0 aliphatic rings. The normalized spacial score (nSPS) is 11.0. The number of amides is 1. The molecule has 5 nitrogen and oxygen atoms in total. The Morgan fingerprint density at radius 3 is 2.39 bits per heavy atom. The van der Waals surface area contributed by atoms with Crippen molar-refractivity contribution in [3.63, 3.8) is 0 Å². The number of aryl methyl sites for hydroxylation is 1. The summed E-state index contributed by atoms with van der Waals surface area (Å²) < 4.78 is 10.5. The van der Waals surface area contributed by atoms with Crippen molar-refractivity contribution < 1.29 is 14.3 Å². The molecule has 0 aliphatic carbocycles. The van der Waals surface area contributed by atoms with Gasteiger partial charge in [0.1, 0.15) is 0 Å². The van der Waals surface area contributed by atoms with E-state index in [1.54, 1.807) is 26.4 Å². The number of carbonyl (C=O) groups is 1. The lowest BCUT2D eigenvalue weighted by Gasteiger charge is -2.09. The van der Waals surface area contributed by atoms with E-state index in [9.17, 15) is 4.79 Å². The van der Waals surface area contributed by atoms with Crippen LogP contribution in [0.1, 0.15) is 28.4 Å². The Morgan fingerprint density at radius 2 is 1.74 bits per heavy atom. The second kappa shape index (κ2) is 7.45. The fraction of sp³-hybridized carbons (Fsp3) is 0.222. The number of nitrogens with one attached hydrogen (secondary N) is 1. The lowest BCUT2D eigenvalue weighted by Crippen LogP contribution is -2.20. The van der Waals surface area contributed by atoms with E-state index in [4.69, 9.17) is 9.47 Å². The zero-order chi connectivity index (χ0) is 16.8. The highest BCUT2D eigenvalue weighted by molar-refractivity contribution is 6.01. The molecule has 23 heavy (non-hydrogen) atoms. The molecular formula is C18H20N2O3. The number of nitrogens with zero attached hydrogens (tertiary/aromatic N) is 1. The lowest BCUT2D eigenvalue weighted by molar-refractivity contribution is 0.0954. The van der Waals surface area contributed by atoms with Crippen molar-refractivity contribution >= 4 is 11.6 Å². The quantitative estimate of drug-likeness (QED) is 0.681. The Balaban J connectivity index is 2.17. The third kappa shape index (κ3) is 3.88. The molecule has 0 saturated heterocycles. The predicted octanol–water partition coefficient (Wildman–Crippen LogP) is 3.17. The number of rotatable bonds is 5. The Labute approximate surface area is 135 Å². The molecule has 0 heterocycles. The van der Waals surface area contributed by atoms with Crippen molar-refractivity contribution in [2.45, 2.75) is 13.8 Å². The Bertz CT molecular complexity index is 739. The first kappa shape index (κ1) is 16.5. The standard InChI is InChI=1S/C18H20N2O3/c1-12-7-5-6-8-15(12)18(21)20-19-13(2)14-9-10-16(22-3)17(11-14)23-4/h5-11H,1-4H3,(H,20,21)/b19-13-. The van der Waals surface area contributed by atoms with Gasteiger partial charge >= 0.3 is 0 Å². The van der Waals surface area contributed by atoms with Gasteiger partial charge in [-0.2, -0.15) is 5.10 Å². The average Bonchev–Trinajstić information content (AvgIpc) is 2.59. The molecule has 2 aromatic rings. The van der Waals surface area contributed by atoms with Gasteiger partial charge in [-0.1, -0.05) is 18.2 Å². The van der Waals surface area contributed by atoms with Crippen molar-refractivity contribution in [1.82, 2.24) is 5.43 Å². The summed E-state index contributed by atoms with van der Waals surface area (Å²) in [4.78, 5) is 12.2. The van der Waals surface area contributed by atoms with Gasteiger partial charge in [0, 0.05) is 11.1 Å². The maximum Gasteiger partial charge on any atom is 0.271 e. The molecule has 0 unspecified atom stereocenters. The molecule has 0 fully saturated rings. The second-order valence-electron chi connectivity index (χ2n) is 5.02. The summed E-state index contributed by atoms with van der Waals surface area (Å²) >= 11 is 0. The monoisotopic (exact) mass is 312 g/mol. The molecule has 0 aliphatic heterocycles. The van der Waals surface area contributed by atoms with Gasteiger partial charge in [0.15, 0.2) is 11.5 Å². The number of benzene rings is 2. The minimum atomic E-state index is -0.233. The van der Waals surface area contributed by atoms with Crippen LogP contribution in [0.25, 0.3) is 0 Å². The molecule has 0 atom stereocenters. The lowest BCUT2D eigenvalue weighted by atomic mass is 10.1. The van der Waals surface area contributed by atoms with Crippen LogP contribution in [0.2, 0.25) is 0 Å². The third-order valence-electron chi connectivity index (χ3n) is 3.52. The summed E-state index contributed by atoms with van der Waals surface area (Å²) in [6.45, 7) is 3.71. The van der Waals surface area contributed by atoms with Crippen LogP contribution in [0.3, 0.4) is 0 Å². The number of hydrogen-bond donors (Lipinski definition) is 1. The van der Waals surface area contributed by atoms with Gasteiger partial charge in [-0.25, -0.2) is 5.43 Å². The number of hydrazone groups is 1. The van der Waals surface area contributed by atoms with Gasteiger partial charge < -0.3 is 9.47 Å². The third-order valence-corrected chi connectivity index (χ3v) is 3.52. The van der Waals surface area contributed by atoms with Gasteiger partial charge in [0.05, 0.1) is 19.9 Å². The van der Waals surface area contributed by atoms with Crippen LogP contribution in [0, 0.1) is 6.92 Å². The molecule has 0 aromatic heterocycles. The van der Waals surface area contributed by atoms with Crippen molar-refractivity contribution in [1.29, 1.82) is 0 Å². The molecule has 5 heteroatoms. The summed E-state index contributed by atoms with van der Waals surface area (Å²) in [5.74, 6) is 1.03. The zero-order valence-corrected chi connectivity index (χ0v) is 13.7. The van der Waals surface area contributed by atoms with E-state index in [-0.39, 0.29) is 5.91 Å². The Morgan fingerprint density at radius 1 is 1.04 bits per heavy atom. The summed E-state index contributed by atoms with van der Waals surface area (Å²) in [7, 11) is 3.16. The Hall–Kier alpha value is -2.82. The van der Waals surface area contributed by atoms with Crippen molar-refractivity contribution in [2.75, 3.05) is 14.2 Å². The van der Waals surface area contributed by atoms with Crippen LogP contribution in [-0.4, -0.2) is 25.8 Å². The molecule has 1 amide bonds. The smallest absolute Gasteiger partial charge is 0.271 e. The van der Waals surface area contributed by atoms with Crippen molar-refractivity contribution in [3.8, 4) is 11.5 Å². The van der Waals surface area contributed by atoms with E-state index in [1.165, 1.54) is 0 Å². The minimum Gasteiger partial charge on any atom is -0.493 e. The molecule has 1 N–H and O–H groups in total. The number of methoxy groups -OCH3 is 2. The fourth-order valence-corrected chi connectivity index (χ4v) is 2.15. The average molecular weight is 312 g/mol. The molecule has 0 bridgehead atoms. The molecule has 0 radical (unpaired) electrons. The zero-order valence-electron chi connectivity index (χ0n) is 13.7. The summed E-state index contributed by atoms with van der Waals surface area (Å²) in [6, 6.07) is 12.9. The summed E-state index contributed by atoms with van der Waals surface area (Å²) in [6.07, 6.45) is 0. The predicted molar refractivity (Wildman–Crippen MR) is 90.4 cm³/mol. The van der Waals surface area contributed by atoms with Crippen LogP contribution in [0.4, 0.5) is 0 Å². The highest BCUT2D eigenvalue weighted by atomic mass is 16.5. The maximum atomic E-state index is 12.2.